The van der Waals surface area contributed by atoms with E-state index in [0.717, 1.165) is 0 Å². The molecule has 0 N–H and O–H groups in total. The van der Waals surface area contributed by atoms with Gasteiger partial charge in [0.2, 0.25) is 0 Å². The smallest absolute Gasteiger partial charge is 0.432 e. The quantitative estimate of drug-likeness (QED) is 0.202. The van der Waals surface area contributed by atoms with Crippen LogP contribution in [0.2, 0.25) is 0 Å². The number of rotatable bonds is 9. The van der Waals surface area contributed by atoms with E-state index in [1.54, 1.807) is 18.2 Å². The Bertz CT molecular complexity index is 1650. The summed E-state index contributed by atoms with van der Waals surface area (Å²) in [6.45, 7) is -1.73. The molecule has 2 aromatic carbocycles. The Labute approximate surface area is 265 Å². The summed E-state index contributed by atoms with van der Waals surface area (Å²) in [5.74, 6) is -4.27. The third kappa shape index (κ3) is 6.25. The molecule has 7 nitrogen and oxygen atoms in total. The van der Waals surface area contributed by atoms with Gasteiger partial charge in [-0.25, -0.2) is 3.63 Å². The van der Waals surface area contributed by atoms with Crippen LogP contribution in [0.5, 0.6) is 0 Å². The summed E-state index contributed by atoms with van der Waals surface area (Å²) in [5.41, 5.74) is -1.64. The van der Waals surface area contributed by atoms with Gasteiger partial charge in [-0.1, -0.05) is 46.7 Å². The molecule has 4 saturated carbocycles. The number of carbonyl (C=O) groups excluding carboxylic acids is 2. The van der Waals surface area contributed by atoms with E-state index in [1.165, 1.54) is 24.3 Å². The van der Waals surface area contributed by atoms with E-state index < -0.39 is 91.6 Å². The van der Waals surface area contributed by atoms with Crippen LogP contribution in [0, 0.1) is 23.2 Å². The Balaban J connectivity index is 1.33. The van der Waals surface area contributed by atoms with Crippen molar-refractivity contribution in [2.45, 2.75) is 73.2 Å². The minimum absolute atomic E-state index is 0.0203. The van der Waals surface area contributed by atoms with Gasteiger partial charge in [0.1, 0.15) is 12.4 Å². The molecule has 1 saturated heterocycles. The number of alkyl halides is 8. The first kappa shape index (κ1) is 34.4. The molecule has 0 amide bonds. The molecule has 5 atom stereocenters. The van der Waals surface area contributed by atoms with Crippen LogP contribution in [0.15, 0.2) is 47.4 Å². The van der Waals surface area contributed by atoms with Gasteiger partial charge in [0.25, 0.3) is 6.10 Å². The zero-order valence-corrected chi connectivity index (χ0v) is 26.1. The van der Waals surface area contributed by atoms with Crippen molar-refractivity contribution < 1.29 is 66.2 Å². The number of carbonyl (C=O) groups is 2. The summed E-state index contributed by atoms with van der Waals surface area (Å²) >= 11 is 0. The lowest BCUT2D eigenvalue weighted by molar-refractivity contribution is -0.265. The number of hydrogen-bond donors (Lipinski definition) is 0. The Morgan fingerprint density at radius 2 is 1.57 bits per heavy atom. The van der Waals surface area contributed by atoms with E-state index >= 15 is 8.78 Å². The van der Waals surface area contributed by atoms with Gasteiger partial charge in [-0.3, -0.25) is 9.59 Å². The first-order valence-electron chi connectivity index (χ1n) is 14.9. The van der Waals surface area contributed by atoms with Crippen LogP contribution in [0.3, 0.4) is 0 Å². The summed E-state index contributed by atoms with van der Waals surface area (Å²) in [6, 6.07) is 10.6. The minimum Gasteiger partial charge on any atom is -0.444 e. The van der Waals surface area contributed by atoms with Gasteiger partial charge in [0.15, 0.2) is 0 Å². The molecule has 1 aliphatic heterocycles. The number of ketones is 1. The van der Waals surface area contributed by atoms with Crippen molar-refractivity contribution in [2.24, 2.45) is 23.2 Å². The Hall–Kier alpha value is -2.50. The van der Waals surface area contributed by atoms with Crippen LogP contribution in [-0.2, 0) is 32.8 Å². The van der Waals surface area contributed by atoms with Gasteiger partial charge < -0.3 is 9.47 Å². The SMILES string of the molecule is O=C1C2CC3CC1CC(C(=O)OC(C(F)(F)F)C(F)(F)S(=O)(=O)OS1(c4cccc5ccccc45)CCC(OCC(F)(F)F)C1)(C3)C2. The third-order valence-electron chi connectivity index (χ3n) is 9.67. The molecule has 5 unspecified atom stereocenters. The van der Waals surface area contributed by atoms with E-state index in [2.05, 4.69) is 4.74 Å². The minimum atomic E-state index is -6.60. The average Bonchev–Trinajstić information content (AvgIpc) is 3.38. The number of hydrogen-bond acceptors (Lipinski definition) is 7. The fourth-order valence-electron chi connectivity index (χ4n) is 7.85. The van der Waals surface area contributed by atoms with Crippen LogP contribution in [-0.4, -0.2) is 68.1 Å². The summed E-state index contributed by atoms with van der Waals surface area (Å²) in [7, 11) is -10.2. The highest BCUT2D eigenvalue weighted by atomic mass is 32.3. The van der Waals surface area contributed by atoms with Gasteiger partial charge in [0, 0.05) is 28.2 Å². The highest BCUT2D eigenvalue weighted by molar-refractivity contribution is 8.33. The molecular formula is C30H30F8O7S2. The molecule has 260 valence electrons. The number of ether oxygens (including phenoxy) is 2. The maximum atomic E-state index is 15.9. The van der Waals surface area contributed by atoms with E-state index in [1.807, 2.05) is 0 Å². The number of Topliss-reactive ketones (excluding diaryl/α,β-unsaturated/α-hetero) is 1. The van der Waals surface area contributed by atoms with Gasteiger partial charge in [0.05, 0.1) is 11.5 Å². The van der Waals surface area contributed by atoms with Crippen LogP contribution in [0.1, 0.15) is 38.5 Å². The number of fused-ring (bicyclic) bond motifs is 1. The molecule has 0 aromatic heterocycles. The topological polar surface area (TPSA) is 96.0 Å². The molecule has 0 radical (unpaired) electrons. The maximum Gasteiger partial charge on any atom is 0.432 e. The molecule has 2 aromatic rings. The second-order valence-corrected chi connectivity index (χ2v) is 17.7. The molecule has 7 rings (SSSR count). The van der Waals surface area contributed by atoms with Crippen molar-refractivity contribution >= 4 is 43.0 Å². The second kappa shape index (κ2) is 11.5. The molecule has 5 aliphatic rings. The van der Waals surface area contributed by atoms with Crippen molar-refractivity contribution in [3.05, 3.63) is 42.5 Å². The van der Waals surface area contributed by atoms with Gasteiger partial charge >= 0.3 is 33.7 Å². The molecule has 4 bridgehead atoms. The monoisotopic (exact) mass is 718 g/mol. The van der Waals surface area contributed by atoms with Crippen molar-refractivity contribution in [2.75, 3.05) is 18.1 Å². The summed E-state index contributed by atoms with van der Waals surface area (Å²) < 4.78 is 155. The lowest BCUT2D eigenvalue weighted by Gasteiger charge is -2.54. The van der Waals surface area contributed by atoms with E-state index in [9.17, 15) is 44.3 Å². The molecule has 1 heterocycles. The van der Waals surface area contributed by atoms with Crippen molar-refractivity contribution in [3.63, 3.8) is 0 Å². The Kier molecular flexibility index (Phi) is 8.44. The highest BCUT2D eigenvalue weighted by Gasteiger charge is 2.70. The van der Waals surface area contributed by atoms with E-state index in [4.69, 9.17) is 8.37 Å². The highest BCUT2D eigenvalue weighted by Crippen LogP contribution is 2.66. The number of benzene rings is 2. The average molecular weight is 719 g/mol. The van der Waals surface area contributed by atoms with Crippen molar-refractivity contribution in [1.29, 1.82) is 0 Å². The first-order chi connectivity index (χ1) is 21.8. The normalized spacial score (nSPS) is 33.1. The predicted molar refractivity (Wildman–Crippen MR) is 152 cm³/mol. The second-order valence-electron chi connectivity index (χ2n) is 12.9. The third-order valence-corrected chi connectivity index (χ3v) is 15.3. The fourth-order valence-corrected chi connectivity index (χ4v) is 13.8. The molecule has 5 fully saturated rings. The zero-order chi connectivity index (χ0) is 34.2. The Morgan fingerprint density at radius 1 is 0.936 bits per heavy atom. The van der Waals surface area contributed by atoms with E-state index in [-0.39, 0.29) is 42.3 Å². The lowest BCUT2D eigenvalue weighted by atomic mass is 9.49. The van der Waals surface area contributed by atoms with Crippen LogP contribution in [0.25, 0.3) is 10.8 Å². The van der Waals surface area contributed by atoms with Gasteiger partial charge in [-0.2, -0.15) is 43.5 Å². The van der Waals surface area contributed by atoms with Crippen molar-refractivity contribution in [1.82, 2.24) is 0 Å². The summed E-state index contributed by atoms with van der Waals surface area (Å²) in [6.07, 6.45) is -16.4. The summed E-state index contributed by atoms with van der Waals surface area (Å²) in [5, 5.41) is -5.08. The molecule has 0 spiro atoms. The molecule has 47 heavy (non-hydrogen) atoms. The van der Waals surface area contributed by atoms with Crippen LogP contribution >= 0.6 is 10.3 Å². The maximum absolute atomic E-state index is 15.9. The number of esters is 1. The van der Waals surface area contributed by atoms with Crippen LogP contribution < -0.4 is 0 Å². The standard InChI is InChI=1S/C30H30F8O7S2/c31-28(32,33)16-43-21-8-9-46(15-21,23-7-3-5-18-4-1-2-6-22(18)23)45-47(41,42)30(37,38)25(29(34,35)36)44-26(40)27-12-17-10-19(13-27)24(39)20(11-17)14-27/h1-7,17,19-21,25H,8-16H2. The fraction of sp³-hybridized carbons (Fsp3) is 0.600. The first-order valence-corrected chi connectivity index (χ1v) is 18.2. The molecule has 4 aliphatic carbocycles. The lowest BCUT2D eigenvalue weighted by Crippen LogP contribution is -2.58. The van der Waals surface area contributed by atoms with E-state index in [0.29, 0.717) is 23.6 Å². The van der Waals surface area contributed by atoms with Crippen LogP contribution in [0.4, 0.5) is 35.1 Å². The van der Waals surface area contributed by atoms with Crippen molar-refractivity contribution in [3.8, 4) is 0 Å². The number of halogens is 8. The molecule has 17 heteroatoms. The van der Waals surface area contributed by atoms with Gasteiger partial charge in [-0.05, 0) is 61.3 Å². The summed E-state index contributed by atoms with van der Waals surface area (Å²) in [4.78, 5) is 25.8. The largest absolute Gasteiger partial charge is 0.444 e. The zero-order valence-electron chi connectivity index (χ0n) is 24.5. The predicted octanol–water partition coefficient (Wildman–Crippen LogP) is 7.08. The van der Waals surface area contributed by atoms with Gasteiger partial charge in [-0.15, -0.1) is 0 Å². The Morgan fingerprint density at radius 3 is 2.21 bits per heavy atom. The molecular weight excluding hydrogens is 688 g/mol.